The highest BCUT2D eigenvalue weighted by Gasteiger charge is 1.98. The van der Waals surface area contributed by atoms with Gasteiger partial charge in [-0.1, -0.05) is 39.7 Å². The Morgan fingerprint density at radius 3 is 2.85 bits per heavy atom. The predicted octanol–water partition coefficient (Wildman–Crippen LogP) is 3.13. The van der Waals surface area contributed by atoms with Crippen LogP contribution in [-0.2, 0) is 6.54 Å². The molecule has 3 heteroatoms. The van der Waals surface area contributed by atoms with Crippen LogP contribution in [0.3, 0.4) is 0 Å². The highest BCUT2D eigenvalue weighted by molar-refractivity contribution is 9.09. The summed E-state index contributed by atoms with van der Waals surface area (Å²) in [4.78, 5) is 0. The molecule has 0 heterocycles. The van der Waals surface area contributed by atoms with E-state index in [1.807, 2.05) is 13.0 Å². The summed E-state index contributed by atoms with van der Waals surface area (Å²) in [6.07, 6.45) is 0. The van der Waals surface area contributed by atoms with Gasteiger partial charge >= 0.3 is 0 Å². The first-order valence-electron chi connectivity index (χ1n) is 4.25. The van der Waals surface area contributed by atoms with Gasteiger partial charge in [0.1, 0.15) is 0 Å². The van der Waals surface area contributed by atoms with Gasteiger partial charge in [-0.05, 0) is 24.1 Å². The fourth-order valence-corrected chi connectivity index (χ4v) is 1.67. The molecule has 13 heavy (non-hydrogen) atoms. The molecule has 72 valence electrons. The van der Waals surface area contributed by atoms with Gasteiger partial charge in [-0.2, -0.15) is 0 Å². The normalized spacial score (nSPS) is 10.4. The number of hydrogen-bond donors (Lipinski definition) is 1. The molecule has 1 nitrogen and oxygen atoms in total. The fourth-order valence-electron chi connectivity index (χ4n) is 1.09. The van der Waals surface area contributed by atoms with E-state index in [0.717, 1.165) is 29.0 Å². The summed E-state index contributed by atoms with van der Waals surface area (Å²) in [6, 6.07) is 6.14. The first kappa shape index (κ1) is 11.0. The molecular formula is C10H13BrClN. The molecule has 0 fully saturated rings. The molecule has 0 amide bonds. The van der Waals surface area contributed by atoms with E-state index in [4.69, 9.17) is 11.6 Å². The second kappa shape index (κ2) is 5.63. The van der Waals surface area contributed by atoms with Crippen LogP contribution in [0.25, 0.3) is 0 Å². The molecule has 0 radical (unpaired) electrons. The summed E-state index contributed by atoms with van der Waals surface area (Å²) in [6.45, 7) is 3.84. The number of benzene rings is 1. The molecule has 0 atom stereocenters. The Labute approximate surface area is 92.6 Å². The molecule has 0 aliphatic heterocycles. The Hall–Kier alpha value is -0.0500. The summed E-state index contributed by atoms with van der Waals surface area (Å²) >= 11 is 9.41. The third-order valence-corrected chi connectivity index (χ3v) is 2.54. The standard InChI is InChI=1S/C10H13BrClN/c1-8-2-3-9(10(12)6-8)7-13-5-4-11/h2-3,6,13H,4-5,7H2,1H3. The molecule has 0 aliphatic rings. The van der Waals surface area contributed by atoms with Crippen LogP contribution >= 0.6 is 27.5 Å². The van der Waals surface area contributed by atoms with Gasteiger partial charge in [0, 0.05) is 23.4 Å². The summed E-state index contributed by atoms with van der Waals surface area (Å²) in [5.74, 6) is 0. The van der Waals surface area contributed by atoms with Crippen molar-refractivity contribution in [3.63, 3.8) is 0 Å². The summed E-state index contributed by atoms with van der Waals surface area (Å²) in [5.41, 5.74) is 2.36. The second-order valence-electron chi connectivity index (χ2n) is 2.96. The minimum atomic E-state index is 0.838. The van der Waals surface area contributed by atoms with Crippen molar-refractivity contribution in [1.29, 1.82) is 0 Å². The summed E-state index contributed by atoms with van der Waals surface area (Å²) < 4.78 is 0. The molecule has 0 aromatic heterocycles. The average molecular weight is 263 g/mol. The number of aryl methyl sites for hydroxylation is 1. The van der Waals surface area contributed by atoms with Crippen LogP contribution in [0.5, 0.6) is 0 Å². The molecule has 1 aromatic rings. The van der Waals surface area contributed by atoms with Crippen molar-refractivity contribution in [2.75, 3.05) is 11.9 Å². The minimum Gasteiger partial charge on any atom is -0.312 e. The van der Waals surface area contributed by atoms with Gasteiger partial charge in [0.25, 0.3) is 0 Å². The second-order valence-corrected chi connectivity index (χ2v) is 4.16. The predicted molar refractivity (Wildman–Crippen MR) is 61.7 cm³/mol. The topological polar surface area (TPSA) is 12.0 Å². The van der Waals surface area contributed by atoms with Crippen molar-refractivity contribution in [2.45, 2.75) is 13.5 Å². The highest BCUT2D eigenvalue weighted by atomic mass is 79.9. The van der Waals surface area contributed by atoms with Crippen LogP contribution in [0, 0.1) is 6.92 Å². The number of nitrogens with one attached hydrogen (secondary N) is 1. The number of halogens is 2. The number of hydrogen-bond acceptors (Lipinski definition) is 1. The van der Waals surface area contributed by atoms with Crippen molar-refractivity contribution in [2.24, 2.45) is 0 Å². The summed E-state index contributed by atoms with van der Waals surface area (Å²) in [7, 11) is 0. The molecule has 0 unspecified atom stereocenters. The Bertz CT molecular complexity index is 276. The van der Waals surface area contributed by atoms with Crippen molar-refractivity contribution >= 4 is 27.5 Å². The van der Waals surface area contributed by atoms with Gasteiger partial charge in [0.2, 0.25) is 0 Å². The first-order valence-corrected chi connectivity index (χ1v) is 5.75. The quantitative estimate of drug-likeness (QED) is 0.649. The highest BCUT2D eigenvalue weighted by Crippen LogP contribution is 2.16. The minimum absolute atomic E-state index is 0.838. The van der Waals surface area contributed by atoms with E-state index in [1.165, 1.54) is 5.56 Å². The molecule has 1 aromatic carbocycles. The van der Waals surface area contributed by atoms with E-state index in [2.05, 4.69) is 33.4 Å². The lowest BCUT2D eigenvalue weighted by atomic mass is 10.1. The molecule has 0 saturated heterocycles. The Kier molecular flexibility index (Phi) is 4.78. The van der Waals surface area contributed by atoms with Crippen LogP contribution in [-0.4, -0.2) is 11.9 Å². The lowest BCUT2D eigenvalue weighted by Gasteiger charge is -2.05. The van der Waals surface area contributed by atoms with E-state index in [-0.39, 0.29) is 0 Å². The van der Waals surface area contributed by atoms with Gasteiger partial charge in [-0.25, -0.2) is 0 Å². The molecule has 1 rings (SSSR count). The Balaban J connectivity index is 2.56. The van der Waals surface area contributed by atoms with Gasteiger partial charge in [-0.15, -0.1) is 0 Å². The van der Waals surface area contributed by atoms with Crippen LogP contribution in [0.2, 0.25) is 5.02 Å². The molecule has 0 bridgehead atoms. The zero-order valence-corrected chi connectivity index (χ0v) is 9.95. The van der Waals surface area contributed by atoms with Gasteiger partial charge < -0.3 is 5.32 Å². The van der Waals surface area contributed by atoms with Gasteiger partial charge in [0.05, 0.1) is 0 Å². The maximum absolute atomic E-state index is 6.06. The molecule has 0 saturated carbocycles. The van der Waals surface area contributed by atoms with Crippen molar-refractivity contribution in [3.05, 3.63) is 34.3 Å². The lowest BCUT2D eigenvalue weighted by Crippen LogP contribution is -2.15. The SMILES string of the molecule is Cc1ccc(CNCCBr)c(Cl)c1. The van der Waals surface area contributed by atoms with E-state index in [0.29, 0.717) is 0 Å². The lowest BCUT2D eigenvalue weighted by molar-refractivity contribution is 0.734. The molecule has 0 spiro atoms. The van der Waals surface area contributed by atoms with Crippen LogP contribution in [0.1, 0.15) is 11.1 Å². The zero-order valence-electron chi connectivity index (χ0n) is 7.61. The van der Waals surface area contributed by atoms with E-state index in [9.17, 15) is 0 Å². The van der Waals surface area contributed by atoms with Crippen molar-refractivity contribution in [3.8, 4) is 0 Å². The Morgan fingerprint density at radius 1 is 1.46 bits per heavy atom. The molecular weight excluding hydrogens is 249 g/mol. The van der Waals surface area contributed by atoms with E-state index in [1.54, 1.807) is 0 Å². The third kappa shape index (κ3) is 3.67. The number of rotatable bonds is 4. The van der Waals surface area contributed by atoms with Crippen LogP contribution < -0.4 is 5.32 Å². The maximum atomic E-state index is 6.06. The van der Waals surface area contributed by atoms with Crippen LogP contribution in [0.15, 0.2) is 18.2 Å². The molecule has 1 N–H and O–H groups in total. The monoisotopic (exact) mass is 261 g/mol. The summed E-state index contributed by atoms with van der Waals surface area (Å²) in [5, 5.41) is 5.10. The first-order chi connectivity index (χ1) is 6.24. The average Bonchev–Trinajstić information content (AvgIpc) is 2.09. The van der Waals surface area contributed by atoms with E-state index >= 15 is 0 Å². The maximum Gasteiger partial charge on any atom is 0.0453 e. The van der Waals surface area contributed by atoms with Crippen molar-refractivity contribution < 1.29 is 0 Å². The van der Waals surface area contributed by atoms with Crippen molar-refractivity contribution in [1.82, 2.24) is 5.32 Å². The third-order valence-electron chi connectivity index (χ3n) is 1.80. The van der Waals surface area contributed by atoms with Gasteiger partial charge in [0.15, 0.2) is 0 Å². The van der Waals surface area contributed by atoms with Crippen LogP contribution in [0.4, 0.5) is 0 Å². The zero-order chi connectivity index (χ0) is 9.68. The smallest absolute Gasteiger partial charge is 0.0453 e. The number of alkyl halides is 1. The largest absolute Gasteiger partial charge is 0.312 e. The van der Waals surface area contributed by atoms with Gasteiger partial charge in [-0.3, -0.25) is 0 Å². The fraction of sp³-hybridized carbons (Fsp3) is 0.400. The Morgan fingerprint density at radius 2 is 2.23 bits per heavy atom. The van der Waals surface area contributed by atoms with E-state index < -0.39 is 0 Å². The molecule has 0 aliphatic carbocycles.